The van der Waals surface area contributed by atoms with Crippen LogP contribution in [0, 0.1) is 0 Å². The van der Waals surface area contributed by atoms with Crippen LogP contribution >= 0.6 is 0 Å². The van der Waals surface area contributed by atoms with Crippen molar-refractivity contribution in [1.29, 1.82) is 0 Å². The largest absolute Gasteiger partial charge is 0.335 e. The maximum Gasteiger partial charge on any atom is 0.254 e. The Bertz CT molecular complexity index is 873. The van der Waals surface area contributed by atoms with Gasteiger partial charge in [-0.15, -0.1) is 0 Å². The molecule has 132 valence electrons. The summed E-state index contributed by atoms with van der Waals surface area (Å²) in [6, 6.07) is 22.5. The SMILES string of the molecule is CN1CCN(C(=O)c2cccc(-n3cccc3)c2)CC1c1ccccc1. The predicted molar refractivity (Wildman–Crippen MR) is 103 cm³/mol. The molecule has 1 fully saturated rings. The van der Waals surface area contributed by atoms with Crippen molar-refractivity contribution >= 4 is 5.91 Å². The summed E-state index contributed by atoms with van der Waals surface area (Å²) in [5.74, 6) is 0.105. The first-order chi connectivity index (χ1) is 12.7. The van der Waals surface area contributed by atoms with Gasteiger partial charge in [-0.05, 0) is 42.9 Å². The Morgan fingerprint density at radius 3 is 2.46 bits per heavy atom. The molecule has 1 aliphatic rings. The summed E-state index contributed by atoms with van der Waals surface area (Å²) in [5.41, 5.74) is 3.01. The number of nitrogens with zero attached hydrogens (tertiary/aromatic N) is 3. The standard InChI is InChI=1S/C22H23N3O/c1-23-14-15-25(17-21(23)18-8-3-2-4-9-18)22(26)19-10-7-11-20(16-19)24-12-5-6-13-24/h2-13,16,21H,14-15,17H2,1H3. The minimum atomic E-state index is 0.105. The van der Waals surface area contributed by atoms with Crippen LogP contribution in [-0.4, -0.2) is 47.0 Å². The van der Waals surface area contributed by atoms with Gasteiger partial charge in [-0.25, -0.2) is 0 Å². The summed E-state index contributed by atoms with van der Waals surface area (Å²) in [7, 11) is 2.13. The Kier molecular flexibility index (Phi) is 4.59. The number of aromatic nitrogens is 1. The number of piperazine rings is 1. The highest BCUT2D eigenvalue weighted by Gasteiger charge is 2.28. The van der Waals surface area contributed by atoms with Crippen molar-refractivity contribution in [3.8, 4) is 5.69 Å². The van der Waals surface area contributed by atoms with Crippen LogP contribution in [0.1, 0.15) is 22.0 Å². The van der Waals surface area contributed by atoms with E-state index in [1.165, 1.54) is 5.56 Å². The van der Waals surface area contributed by atoms with Gasteiger partial charge in [0.25, 0.3) is 5.91 Å². The molecule has 1 atom stereocenters. The number of carbonyl (C=O) groups is 1. The van der Waals surface area contributed by atoms with E-state index in [1.54, 1.807) is 0 Å². The second-order valence-corrected chi connectivity index (χ2v) is 6.80. The predicted octanol–water partition coefficient (Wildman–Crippen LogP) is 3.61. The molecule has 0 bridgehead atoms. The molecule has 4 rings (SSSR count). The lowest BCUT2D eigenvalue weighted by Gasteiger charge is -2.39. The van der Waals surface area contributed by atoms with E-state index in [9.17, 15) is 4.79 Å². The number of benzene rings is 2. The van der Waals surface area contributed by atoms with Crippen molar-refractivity contribution in [1.82, 2.24) is 14.4 Å². The Balaban J connectivity index is 1.56. The third-order valence-electron chi connectivity index (χ3n) is 5.12. The van der Waals surface area contributed by atoms with Crippen molar-refractivity contribution in [3.05, 3.63) is 90.3 Å². The summed E-state index contributed by atoms with van der Waals surface area (Å²) >= 11 is 0. The highest BCUT2D eigenvalue weighted by molar-refractivity contribution is 5.94. The molecule has 3 aromatic rings. The fourth-order valence-electron chi connectivity index (χ4n) is 3.58. The summed E-state index contributed by atoms with van der Waals surface area (Å²) < 4.78 is 2.02. The highest BCUT2D eigenvalue weighted by Crippen LogP contribution is 2.25. The van der Waals surface area contributed by atoms with Crippen LogP contribution in [0.15, 0.2) is 79.1 Å². The minimum absolute atomic E-state index is 0.105. The first kappa shape index (κ1) is 16.6. The second kappa shape index (κ2) is 7.18. The van der Waals surface area contributed by atoms with Crippen LogP contribution in [0.25, 0.3) is 5.69 Å². The van der Waals surface area contributed by atoms with Crippen molar-refractivity contribution in [2.75, 3.05) is 26.7 Å². The summed E-state index contributed by atoms with van der Waals surface area (Å²) in [4.78, 5) is 17.4. The van der Waals surface area contributed by atoms with Gasteiger partial charge in [0.15, 0.2) is 0 Å². The van der Waals surface area contributed by atoms with Gasteiger partial charge >= 0.3 is 0 Å². The Morgan fingerprint density at radius 2 is 1.69 bits per heavy atom. The van der Waals surface area contributed by atoms with Gasteiger partial charge in [-0.3, -0.25) is 9.69 Å². The Labute approximate surface area is 154 Å². The van der Waals surface area contributed by atoms with Gasteiger partial charge in [0.05, 0.1) is 6.04 Å². The van der Waals surface area contributed by atoms with E-state index in [-0.39, 0.29) is 11.9 Å². The first-order valence-electron chi connectivity index (χ1n) is 9.00. The Morgan fingerprint density at radius 1 is 0.923 bits per heavy atom. The van der Waals surface area contributed by atoms with Crippen LogP contribution in [0.5, 0.6) is 0 Å². The summed E-state index contributed by atoms with van der Waals surface area (Å²) in [6.07, 6.45) is 3.98. The minimum Gasteiger partial charge on any atom is -0.335 e. The Hall–Kier alpha value is -2.85. The molecule has 0 saturated carbocycles. The van der Waals surface area contributed by atoms with Gasteiger partial charge in [0.1, 0.15) is 0 Å². The summed E-state index contributed by atoms with van der Waals surface area (Å²) in [5, 5.41) is 0. The first-order valence-corrected chi connectivity index (χ1v) is 9.00. The zero-order valence-corrected chi connectivity index (χ0v) is 15.0. The van der Waals surface area contributed by atoms with E-state index in [2.05, 4.69) is 36.2 Å². The highest BCUT2D eigenvalue weighted by atomic mass is 16.2. The normalized spacial score (nSPS) is 18.0. The molecule has 1 aliphatic heterocycles. The molecule has 0 N–H and O–H groups in total. The number of amides is 1. The summed E-state index contributed by atoms with van der Waals surface area (Å²) in [6.45, 7) is 2.35. The fraction of sp³-hybridized carbons (Fsp3) is 0.227. The molecule has 4 heteroatoms. The quantitative estimate of drug-likeness (QED) is 0.725. The van der Waals surface area contributed by atoms with Crippen molar-refractivity contribution in [2.24, 2.45) is 0 Å². The second-order valence-electron chi connectivity index (χ2n) is 6.80. The average Bonchev–Trinajstić information content (AvgIpc) is 3.23. The zero-order valence-electron chi connectivity index (χ0n) is 15.0. The third kappa shape index (κ3) is 3.28. The lowest BCUT2D eigenvalue weighted by atomic mass is 10.0. The molecule has 1 amide bonds. The molecule has 0 spiro atoms. The topological polar surface area (TPSA) is 28.5 Å². The lowest BCUT2D eigenvalue weighted by molar-refractivity contribution is 0.0546. The molecule has 2 heterocycles. The van der Waals surface area contributed by atoms with Crippen LogP contribution in [0.4, 0.5) is 0 Å². The number of hydrogen-bond donors (Lipinski definition) is 0. The van der Waals surface area contributed by atoms with Crippen LogP contribution in [0.2, 0.25) is 0 Å². The molecule has 1 aromatic heterocycles. The number of hydrogen-bond acceptors (Lipinski definition) is 2. The molecule has 1 saturated heterocycles. The van der Waals surface area contributed by atoms with Gasteiger partial charge in [0, 0.05) is 43.3 Å². The lowest BCUT2D eigenvalue weighted by Crippen LogP contribution is -2.49. The van der Waals surface area contributed by atoms with Gasteiger partial charge in [-0.2, -0.15) is 0 Å². The molecule has 2 aromatic carbocycles. The molecule has 0 aliphatic carbocycles. The fourth-order valence-corrected chi connectivity index (χ4v) is 3.58. The number of rotatable bonds is 3. The van der Waals surface area contributed by atoms with E-state index in [4.69, 9.17) is 0 Å². The average molecular weight is 345 g/mol. The van der Waals surface area contributed by atoms with Gasteiger partial charge < -0.3 is 9.47 Å². The monoisotopic (exact) mass is 345 g/mol. The molecular formula is C22H23N3O. The molecule has 26 heavy (non-hydrogen) atoms. The maximum atomic E-state index is 13.1. The van der Waals surface area contributed by atoms with Gasteiger partial charge in [0.2, 0.25) is 0 Å². The third-order valence-corrected chi connectivity index (χ3v) is 5.12. The number of likely N-dealkylation sites (N-methyl/N-ethyl adjacent to an activating group) is 1. The zero-order chi connectivity index (χ0) is 17.9. The molecule has 1 unspecified atom stereocenters. The number of carbonyl (C=O) groups excluding carboxylic acids is 1. The molecular weight excluding hydrogens is 322 g/mol. The maximum absolute atomic E-state index is 13.1. The van der Waals surface area contributed by atoms with Crippen LogP contribution in [0.3, 0.4) is 0 Å². The van der Waals surface area contributed by atoms with Crippen molar-refractivity contribution in [3.63, 3.8) is 0 Å². The van der Waals surface area contributed by atoms with E-state index in [0.29, 0.717) is 6.54 Å². The van der Waals surface area contributed by atoms with Crippen molar-refractivity contribution < 1.29 is 4.79 Å². The smallest absolute Gasteiger partial charge is 0.254 e. The van der Waals surface area contributed by atoms with E-state index < -0.39 is 0 Å². The molecule has 0 radical (unpaired) electrons. The van der Waals surface area contributed by atoms with E-state index >= 15 is 0 Å². The molecule has 4 nitrogen and oxygen atoms in total. The van der Waals surface area contributed by atoms with Crippen LogP contribution < -0.4 is 0 Å². The van der Waals surface area contributed by atoms with E-state index in [0.717, 1.165) is 24.3 Å². The van der Waals surface area contributed by atoms with E-state index in [1.807, 2.05) is 64.3 Å². The van der Waals surface area contributed by atoms with Crippen molar-refractivity contribution in [2.45, 2.75) is 6.04 Å². The van der Waals surface area contributed by atoms with Crippen LogP contribution in [-0.2, 0) is 0 Å². The van der Waals surface area contributed by atoms with Gasteiger partial charge in [-0.1, -0.05) is 36.4 Å².